The number of hydrogen-bond acceptors (Lipinski definition) is 3. The highest BCUT2D eigenvalue weighted by Gasteiger charge is 2.26. The Morgan fingerprint density at radius 1 is 1.27 bits per heavy atom. The molecule has 0 heterocycles. The fourth-order valence-corrected chi connectivity index (χ4v) is 1.95. The summed E-state index contributed by atoms with van der Waals surface area (Å²) in [6.07, 6.45) is 1.06. The summed E-state index contributed by atoms with van der Waals surface area (Å²) in [7, 11) is 3.31. The first-order valence-corrected chi connectivity index (χ1v) is 4.75. The van der Waals surface area contributed by atoms with Crippen molar-refractivity contribution in [3.05, 3.63) is 23.3 Å². The van der Waals surface area contributed by atoms with Gasteiger partial charge in [0.25, 0.3) is 0 Å². The molecule has 2 rings (SSSR count). The molecule has 0 spiro atoms. The maximum absolute atomic E-state index is 5.64. The first kappa shape index (κ1) is 12.2. The van der Waals surface area contributed by atoms with Gasteiger partial charge < -0.3 is 15.2 Å². The standard InChI is InChI=1S/C11H15NO2.H2S/c1-13-10-4-7-3-8(6-12)9(7)5-11(10)14-2;/h4-5,8H,3,6,12H2,1-2H3;1H2. The smallest absolute Gasteiger partial charge is 0.161 e. The highest BCUT2D eigenvalue weighted by Crippen LogP contribution is 2.41. The molecule has 0 fully saturated rings. The highest BCUT2D eigenvalue weighted by molar-refractivity contribution is 7.59. The minimum atomic E-state index is 0. The van der Waals surface area contributed by atoms with E-state index in [4.69, 9.17) is 15.2 Å². The number of nitrogens with two attached hydrogens (primary N) is 1. The maximum atomic E-state index is 5.64. The molecule has 4 heteroatoms. The lowest BCUT2D eigenvalue weighted by molar-refractivity contribution is 0.352. The number of methoxy groups -OCH3 is 2. The van der Waals surface area contributed by atoms with E-state index in [0.717, 1.165) is 17.9 Å². The molecule has 0 aliphatic heterocycles. The molecular weight excluding hydrogens is 210 g/mol. The Hall–Kier alpha value is -0.870. The monoisotopic (exact) mass is 227 g/mol. The van der Waals surface area contributed by atoms with E-state index in [0.29, 0.717) is 12.5 Å². The van der Waals surface area contributed by atoms with Gasteiger partial charge in [-0.2, -0.15) is 13.5 Å². The van der Waals surface area contributed by atoms with Gasteiger partial charge in [0.1, 0.15) is 0 Å². The first-order valence-electron chi connectivity index (χ1n) is 4.75. The lowest BCUT2D eigenvalue weighted by atomic mass is 9.77. The summed E-state index contributed by atoms with van der Waals surface area (Å²) in [5.74, 6) is 2.11. The van der Waals surface area contributed by atoms with E-state index in [1.165, 1.54) is 11.1 Å². The van der Waals surface area contributed by atoms with E-state index in [-0.39, 0.29) is 13.5 Å². The molecule has 0 amide bonds. The largest absolute Gasteiger partial charge is 0.493 e. The third-order valence-electron chi connectivity index (χ3n) is 2.84. The predicted molar refractivity (Wildman–Crippen MR) is 65.4 cm³/mol. The molecule has 0 saturated heterocycles. The molecule has 0 bridgehead atoms. The molecule has 1 atom stereocenters. The quantitative estimate of drug-likeness (QED) is 0.849. The fraction of sp³-hybridized carbons (Fsp3) is 0.455. The molecule has 0 saturated carbocycles. The number of fused-ring (bicyclic) bond motifs is 1. The van der Waals surface area contributed by atoms with Crippen LogP contribution in [0.4, 0.5) is 0 Å². The molecular formula is C11H17NO2S. The molecule has 15 heavy (non-hydrogen) atoms. The zero-order valence-corrected chi connectivity index (χ0v) is 10.0. The Balaban J connectivity index is 0.00000112. The minimum absolute atomic E-state index is 0. The van der Waals surface area contributed by atoms with Crippen molar-refractivity contribution in [2.24, 2.45) is 5.73 Å². The zero-order chi connectivity index (χ0) is 10.1. The second-order valence-electron chi connectivity index (χ2n) is 3.54. The van der Waals surface area contributed by atoms with Crippen molar-refractivity contribution < 1.29 is 9.47 Å². The summed E-state index contributed by atoms with van der Waals surface area (Å²) in [6, 6.07) is 4.08. The SMILES string of the molecule is COc1cc2c(cc1OC)C(CN)C2.S. The van der Waals surface area contributed by atoms with Crippen LogP contribution in [-0.4, -0.2) is 20.8 Å². The number of rotatable bonds is 3. The van der Waals surface area contributed by atoms with Crippen molar-refractivity contribution in [2.75, 3.05) is 20.8 Å². The molecule has 2 N–H and O–H groups in total. The van der Waals surface area contributed by atoms with Crippen LogP contribution in [-0.2, 0) is 6.42 Å². The average molecular weight is 227 g/mol. The van der Waals surface area contributed by atoms with Gasteiger partial charge in [-0.25, -0.2) is 0 Å². The second kappa shape index (κ2) is 4.77. The fourth-order valence-electron chi connectivity index (χ4n) is 1.95. The summed E-state index contributed by atoms with van der Waals surface area (Å²) in [6.45, 7) is 0.711. The predicted octanol–water partition coefficient (Wildman–Crippen LogP) is 1.41. The van der Waals surface area contributed by atoms with Crippen LogP contribution in [0, 0.1) is 0 Å². The van der Waals surface area contributed by atoms with Crippen LogP contribution in [0.3, 0.4) is 0 Å². The summed E-state index contributed by atoms with van der Waals surface area (Å²) in [5, 5.41) is 0. The number of benzene rings is 1. The average Bonchev–Trinajstić information content (AvgIpc) is 2.20. The first-order chi connectivity index (χ1) is 6.80. The van der Waals surface area contributed by atoms with Crippen molar-refractivity contribution in [3.63, 3.8) is 0 Å². The van der Waals surface area contributed by atoms with Crippen LogP contribution in [0.2, 0.25) is 0 Å². The Morgan fingerprint density at radius 3 is 2.40 bits per heavy atom. The zero-order valence-electron chi connectivity index (χ0n) is 9.04. The molecule has 0 aromatic heterocycles. The van der Waals surface area contributed by atoms with Crippen molar-refractivity contribution in [1.29, 1.82) is 0 Å². The van der Waals surface area contributed by atoms with Gasteiger partial charge in [0.15, 0.2) is 11.5 Å². The van der Waals surface area contributed by atoms with E-state index >= 15 is 0 Å². The lowest BCUT2D eigenvalue weighted by Gasteiger charge is -2.30. The van der Waals surface area contributed by atoms with Crippen molar-refractivity contribution in [3.8, 4) is 11.5 Å². The van der Waals surface area contributed by atoms with Crippen LogP contribution in [0.5, 0.6) is 11.5 Å². The highest BCUT2D eigenvalue weighted by atomic mass is 32.1. The van der Waals surface area contributed by atoms with E-state index in [9.17, 15) is 0 Å². The van der Waals surface area contributed by atoms with Crippen LogP contribution in [0.15, 0.2) is 12.1 Å². The van der Waals surface area contributed by atoms with Gasteiger partial charge in [-0.3, -0.25) is 0 Å². The molecule has 1 aliphatic carbocycles. The molecule has 1 aromatic rings. The summed E-state index contributed by atoms with van der Waals surface area (Å²) in [4.78, 5) is 0. The van der Waals surface area contributed by atoms with E-state index in [2.05, 4.69) is 0 Å². The topological polar surface area (TPSA) is 44.5 Å². The van der Waals surface area contributed by atoms with E-state index < -0.39 is 0 Å². The third kappa shape index (κ3) is 1.92. The Labute approximate surface area is 97.0 Å². The van der Waals surface area contributed by atoms with E-state index in [1.54, 1.807) is 14.2 Å². The van der Waals surface area contributed by atoms with Crippen LogP contribution in [0.25, 0.3) is 0 Å². The molecule has 0 radical (unpaired) electrons. The summed E-state index contributed by atoms with van der Waals surface area (Å²) < 4.78 is 10.5. The molecule has 84 valence electrons. The molecule has 1 aliphatic rings. The van der Waals surface area contributed by atoms with Gasteiger partial charge in [0, 0.05) is 5.92 Å². The van der Waals surface area contributed by atoms with Gasteiger partial charge in [-0.15, -0.1) is 0 Å². The van der Waals surface area contributed by atoms with Gasteiger partial charge >= 0.3 is 0 Å². The van der Waals surface area contributed by atoms with Crippen LogP contribution < -0.4 is 15.2 Å². The van der Waals surface area contributed by atoms with Crippen LogP contribution in [0.1, 0.15) is 17.0 Å². The van der Waals surface area contributed by atoms with Gasteiger partial charge in [0.2, 0.25) is 0 Å². The summed E-state index contributed by atoms with van der Waals surface area (Å²) >= 11 is 0. The van der Waals surface area contributed by atoms with Crippen molar-refractivity contribution in [1.82, 2.24) is 0 Å². The Bertz CT molecular complexity index is 355. The van der Waals surface area contributed by atoms with Gasteiger partial charge in [-0.1, -0.05) is 0 Å². The van der Waals surface area contributed by atoms with Gasteiger partial charge in [0.05, 0.1) is 14.2 Å². The number of ether oxygens (including phenoxy) is 2. The Morgan fingerprint density at radius 2 is 1.87 bits per heavy atom. The summed E-state index contributed by atoms with van der Waals surface area (Å²) in [5.41, 5.74) is 8.28. The second-order valence-corrected chi connectivity index (χ2v) is 3.54. The minimum Gasteiger partial charge on any atom is -0.493 e. The van der Waals surface area contributed by atoms with Crippen molar-refractivity contribution >= 4 is 13.5 Å². The normalized spacial score (nSPS) is 17.1. The van der Waals surface area contributed by atoms with E-state index in [1.807, 2.05) is 12.1 Å². The molecule has 3 nitrogen and oxygen atoms in total. The lowest BCUT2D eigenvalue weighted by Crippen LogP contribution is -2.24. The maximum Gasteiger partial charge on any atom is 0.161 e. The molecule has 1 aromatic carbocycles. The Kier molecular flexibility index (Phi) is 3.88. The van der Waals surface area contributed by atoms with Crippen LogP contribution >= 0.6 is 13.5 Å². The number of hydrogen-bond donors (Lipinski definition) is 1. The third-order valence-corrected chi connectivity index (χ3v) is 2.84. The van der Waals surface area contributed by atoms with Gasteiger partial charge in [-0.05, 0) is 36.2 Å². The molecule has 1 unspecified atom stereocenters. The van der Waals surface area contributed by atoms with Crippen molar-refractivity contribution in [2.45, 2.75) is 12.3 Å².